The number of esters is 1. The minimum absolute atomic E-state index is 0.392. The molecule has 1 fully saturated rings. The van der Waals surface area contributed by atoms with Crippen molar-refractivity contribution >= 4 is 35.0 Å². The van der Waals surface area contributed by atoms with E-state index < -0.39 is 62.8 Å². The van der Waals surface area contributed by atoms with E-state index in [0.717, 1.165) is 0 Å². The first kappa shape index (κ1) is 20.6. The lowest BCUT2D eigenvalue weighted by Crippen LogP contribution is -2.14. The van der Waals surface area contributed by atoms with Gasteiger partial charge in [-0.15, -0.1) is 0 Å². The highest BCUT2D eigenvalue weighted by Gasteiger charge is 2.43. The van der Waals surface area contributed by atoms with E-state index in [1.807, 2.05) is 0 Å². The number of aromatic nitrogens is 2. The van der Waals surface area contributed by atoms with Crippen LogP contribution in [-0.4, -0.2) is 15.7 Å². The van der Waals surface area contributed by atoms with Crippen LogP contribution in [0.1, 0.15) is 24.1 Å². The maximum absolute atomic E-state index is 13.3. The lowest BCUT2D eigenvalue weighted by Gasteiger charge is -2.13. The van der Waals surface area contributed by atoms with Gasteiger partial charge in [-0.25, -0.2) is 4.68 Å². The van der Waals surface area contributed by atoms with Crippen LogP contribution in [0, 0.1) is 5.92 Å². The molecule has 5 nitrogen and oxygen atoms in total. The second-order valence-corrected chi connectivity index (χ2v) is 6.77. The Kier molecular flexibility index (Phi) is 4.95. The molecule has 1 heterocycles. The fraction of sp³-hybridized carbons (Fsp3) is 0.333. The van der Waals surface area contributed by atoms with E-state index in [0.29, 0.717) is 29.7 Å². The summed E-state index contributed by atoms with van der Waals surface area (Å²) in [7, 11) is 0. The predicted octanol–water partition coefficient (Wildman–Crippen LogP) is 5.11. The summed E-state index contributed by atoms with van der Waals surface area (Å²) in [5.74, 6) is -3.30. The lowest BCUT2D eigenvalue weighted by atomic mass is 10.2. The van der Waals surface area contributed by atoms with Crippen molar-refractivity contribution in [2.75, 3.05) is 5.73 Å². The van der Waals surface area contributed by atoms with E-state index >= 15 is 0 Å². The van der Waals surface area contributed by atoms with E-state index in [4.69, 9.17) is 33.7 Å². The van der Waals surface area contributed by atoms with Crippen LogP contribution in [0.3, 0.4) is 0 Å². The summed E-state index contributed by atoms with van der Waals surface area (Å²) in [6, 6.07) is 0.931. The fourth-order valence-electron chi connectivity index (χ4n) is 2.31. The Bertz CT molecular complexity index is 927. The minimum atomic E-state index is -5.07. The molecule has 1 aliphatic rings. The molecule has 0 atom stereocenters. The highest BCUT2D eigenvalue weighted by atomic mass is 35.5. The normalized spacial score (nSPS) is 15.0. The summed E-state index contributed by atoms with van der Waals surface area (Å²) in [6.07, 6.45) is -8.93. The van der Waals surface area contributed by atoms with Crippen LogP contribution in [0.5, 0.6) is 5.75 Å². The number of nitrogens with zero attached hydrogens (tertiary/aromatic N) is 2. The van der Waals surface area contributed by atoms with Gasteiger partial charge in [0.25, 0.3) is 0 Å². The Morgan fingerprint density at radius 3 is 2.07 bits per heavy atom. The summed E-state index contributed by atoms with van der Waals surface area (Å²) < 4.78 is 83.6. The fourth-order valence-corrected chi connectivity index (χ4v) is 2.95. The summed E-state index contributed by atoms with van der Waals surface area (Å²) >= 11 is 11.6. The molecular formula is C15H9Cl2F6N3O2. The number of halogens is 8. The number of rotatable bonds is 3. The first-order chi connectivity index (χ1) is 12.8. The zero-order chi connectivity index (χ0) is 21.0. The Morgan fingerprint density at radius 2 is 1.64 bits per heavy atom. The van der Waals surface area contributed by atoms with Crippen molar-refractivity contribution in [1.29, 1.82) is 0 Å². The number of hydrogen-bond donors (Lipinski definition) is 1. The number of hydrogen-bond acceptors (Lipinski definition) is 4. The zero-order valence-corrected chi connectivity index (χ0v) is 15.0. The van der Waals surface area contributed by atoms with Crippen LogP contribution in [0.15, 0.2) is 12.1 Å². The number of nitrogens with two attached hydrogens (primary N) is 1. The molecular weight excluding hydrogens is 439 g/mol. The standard InChI is InChI=1S/C15H9Cl2F6N3O2/c16-7-3-6(14(18,19)20)4-8(17)9(7)26-12(24)10(11(25-26)15(21,22)23)28-13(27)5-1-2-5/h3-5H,1-2,24H2. The van der Waals surface area contributed by atoms with Gasteiger partial charge in [0.2, 0.25) is 11.4 Å². The second kappa shape index (κ2) is 6.73. The Morgan fingerprint density at radius 1 is 1.11 bits per heavy atom. The van der Waals surface area contributed by atoms with Crippen molar-refractivity contribution in [3.63, 3.8) is 0 Å². The van der Waals surface area contributed by atoms with E-state index in [2.05, 4.69) is 5.10 Å². The van der Waals surface area contributed by atoms with Gasteiger partial charge in [0, 0.05) is 0 Å². The molecule has 1 aromatic heterocycles. The molecule has 0 aliphatic heterocycles. The summed E-state index contributed by atoms with van der Waals surface area (Å²) in [5, 5.41) is 1.94. The number of ether oxygens (including phenoxy) is 1. The molecule has 1 aliphatic carbocycles. The van der Waals surface area contributed by atoms with Gasteiger partial charge in [-0.05, 0) is 25.0 Å². The average Bonchev–Trinajstić information content (AvgIpc) is 3.33. The van der Waals surface area contributed by atoms with Gasteiger partial charge in [-0.1, -0.05) is 23.2 Å². The monoisotopic (exact) mass is 447 g/mol. The third kappa shape index (κ3) is 3.86. The van der Waals surface area contributed by atoms with Crippen molar-refractivity contribution in [3.8, 4) is 11.4 Å². The first-order valence-electron chi connectivity index (χ1n) is 7.54. The molecule has 0 unspecified atom stereocenters. The highest BCUT2D eigenvalue weighted by molar-refractivity contribution is 6.38. The highest BCUT2D eigenvalue weighted by Crippen LogP contribution is 2.44. The smallest absolute Gasteiger partial charge is 0.420 e. The molecule has 0 amide bonds. The Labute approximate surface area is 162 Å². The number of anilines is 1. The minimum Gasteiger partial charge on any atom is -0.420 e. The van der Waals surface area contributed by atoms with Gasteiger partial charge >= 0.3 is 18.3 Å². The molecule has 0 spiro atoms. The molecule has 2 aromatic rings. The van der Waals surface area contributed by atoms with E-state index in [1.54, 1.807) is 0 Å². The Hall–Kier alpha value is -2.14. The molecule has 0 saturated heterocycles. The molecule has 0 radical (unpaired) electrons. The van der Waals surface area contributed by atoms with Crippen LogP contribution < -0.4 is 10.5 Å². The SMILES string of the molecule is Nc1c(OC(=O)C2CC2)c(C(F)(F)F)nn1-c1c(Cl)cc(C(F)(F)F)cc1Cl. The number of carbonyl (C=O) groups is 1. The molecule has 3 rings (SSSR count). The molecule has 1 saturated carbocycles. The van der Waals surface area contributed by atoms with Crippen molar-refractivity contribution in [1.82, 2.24) is 9.78 Å². The first-order valence-corrected chi connectivity index (χ1v) is 8.30. The quantitative estimate of drug-likeness (QED) is 0.523. The van der Waals surface area contributed by atoms with Crippen LogP contribution in [0.2, 0.25) is 10.0 Å². The van der Waals surface area contributed by atoms with Crippen LogP contribution in [0.25, 0.3) is 5.69 Å². The molecule has 28 heavy (non-hydrogen) atoms. The number of nitrogen functional groups attached to an aromatic ring is 1. The van der Waals surface area contributed by atoms with Gasteiger partial charge in [0.05, 0.1) is 21.5 Å². The van der Waals surface area contributed by atoms with Crippen LogP contribution in [0.4, 0.5) is 32.2 Å². The van der Waals surface area contributed by atoms with Gasteiger partial charge in [-0.2, -0.15) is 31.4 Å². The lowest BCUT2D eigenvalue weighted by molar-refractivity contribution is -0.145. The second-order valence-electron chi connectivity index (χ2n) is 5.95. The third-order valence-electron chi connectivity index (χ3n) is 3.81. The third-order valence-corrected chi connectivity index (χ3v) is 4.39. The zero-order valence-electron chi connectivity index (χ0n) is 13.5. The number of benzene rings is 1. The van der Waals surface area contributed by atoms with Gasteiger partial charge in [-0.3, -0.25) is 4.79 Å². The molecule has 13 heteroatoms. The Balaban J connectivity index is 2.15. The van der Waals surface area contributed by atoms with E-state index in [-0.39, 0.29) is 0 Å². The maximum atomic E-state index is 13.3. The van der Waals surface area contributed by atoms with Gasteiger partial charge in [0.15, 0.2) is 5.82 Å². The van der Waals surface area contributed by atoms with Crippen LogP contribution in [-0.2, 0) is 17.1 Å². The average molecular weight is 448 g/mol. The summed E-state index contributed by atoms with van der Waals surface area (Å²) in [4.78, 5) is 11.8. The van der Waals surface area contributed by atoms with Crippen molar-refractivity contribution < 1.29 is 35.9 Å². The van der Waals surface area contributed by atoms with Gasteiger partial charge in [0.1, 0.15) is 5.69 Å². The molecule has 1 aromatic carbocycles. The van der Waals surface area contributed by atoms with Crippen LogP contribution >= 0.6 is 23.2 Å². The predicted molar refractivity (Wildman–Crippen MR) is 86.4 cm³/mol. The molecule has 0 bridgehead atoms. The molecule has 2 N–H and O–H groups in total. The number of alkyl halides is 6. The molecule has 152 valence electrons. The van der Waals surface area contributed by atoms with E-state index in [9.17, 15) is 31.1 Å². The van der Waals surface area contributed by atoms with Crippen molar-refractivity contribution in [2.24, 2.45) is 5.92 Å². The van der Waals surface area contributed by atoms with E-state index in [1.165, 1.54) is 0 Å². The maximum Gasteiger partial charge on any atom is 0.439 e. The van der Waals surface area contributed by atoms with Crippen molar-refractivity contribution in [3.05, 3.63) is 33.4 Å². The largest absolute Gasteiger partial charge is 0.439 e. The van der Waals surface area contributed by atoms with Gasteiger partial charge < -0.3 is 10.5 Å². The summed E-state index contributed by atoms with van der Waals surface area (Å²) in [5.41, 5.74) is 2.28. The topological polar surface area (TPSA) is 70.1 Å². The van der Waals surface area contributed by atoms with Crippen molar-refractivity contribution in [2.45, 2.75) is 25.2 Å². The summed E-state index contributed by atoms with van der Waals surface area (Å²) in [6.45, 7) is 0. The number of carbonyl (C=O) groups excluding carboxylic acids is 1.